The summed E-state index contributed by atoms with van der Waals surface area (Å²) >= 11 is 0. The van der Waals surface area contributed by atoms with Crippen LogP contribution in [0.15, 0.2) is 206 Å². The molecular weight excluding hydrogens is 617 g/mol. The molecule has 0 aliphatic carbocycles. The van der Waals surface area contributed by atoms with Gasteiger partial charge in [-0.25, -0.2) is 0 Å². The Morgan fingerprint density at radius 3 is 1.16 bits per heavy atom. The molecular formula is C49H36N2. The van der Waals surface area contributed by atoms with Gasteiger partial charge >= 0.3 is 0 Å². The first-order valence-corrected chi connectivity index (χ1v) is 17.6. The van der Waals surface area contributed by atoms with Crippen LogP contribution in [0.25, 0.3) is 33.4 Å². The van der Waals surface area contributed by atoms with E-state index in [0.717, 1.165) is 29.2 Å². The quantitative estimate of drug-likeness (QED) is 0.169. The Labute approximate surface area is 300 Å². The summed E-state index contributed by atoms with van der Waals surface area (Å²) in [5, 5.41) is 0. The maximum absolute atomic E-state index is 2.41. The van der Waals surface area contributed by atoms with Crippen LogP contribution < -0.4 is 9.80 Å². The van der Waals surface area contributed by atoms with Crippen molar-refractivity contribution in [3.63, 3.8) is 0 Å². The molecule has 0 fully saturated rings. The van der Waals surface area contributed by atoms with Gasteiger partial charge in [-0.3, -0.25) is 0 Å². The number of benzene rings is 8. The second-order valence-electron chi connectivity index (χ2n) is 13.0. The third kappa shape index (κ3) is 5.98. The molecule has 2 nitrogen and oxygen atoms in total. The van der Waals surface area contributed by atoms with Gasteiger partial charge in [0.05, 0.1) is 0 Å². The highest BCUT2D eigenvalue weighted by Crippen LogP contribution is 2.45. The van der Waals surface area contributed by atoms with Gasteiger partial charge in [-0.1, -0.05) is 146 Å². The second-order valence-corrected chi connectivity index (χ2v) is 13.0. The lowest BCUT2D eigenvalue weighted by Crippen LogP contribution is -2.18. The van der Waals surface area contributed by atoms with E-state index in [0.29, 0.717) is 0 Å². The average molecular weight is 653 g/mol. The summed E-state index contributed by atoms with van der Waals surface area (Å²) in [5.74, 6) is 0. The second kappa shape index (κ2) is 13.3. The number of hydrogen-bond donors (Lipinski definition) is 0. The van der Waals surface area contributed by atoms with E-state index in [4.69, 9.17) is 0 Å². The van der Waals surface area contributed by atoms with E-state index >= 15 is 0 Å². The first-order valence-electron chi connectivity index (χ1n) is 17.6. The summed E-state index contributed by atoms with van der Waals surface area (Å²) in [6.45, 7) is 0. The van der Waals surface area contributed by atoms with Crippen LogP contribution in [0.1, 0.15) is 11.1 Å². The van der Waals surface area contributed by atoms with E-state index in [1.165, 1.54) is 55.9 Å². The normalized spacial score (nSPS) is 11.8. The van der Waals surface area contributed by atoms with Crippen molar-refractivity contribution in [1.29, 1.82) is 0 Å². The van der Waals surface area contributed by atoms with Crippen LogP contribution in [-0.4, -0.2) is 0 Å². The summed E-state index contributed by atoms with van der Waals surface area (Å²) in [4.78, 5) is 4.75. The van der Waals surface area contributed by atoms with Crippen LogP contribution in [0.4, 0.5) is 34.1 Å². The minimum atomic E-state index is 0.949. The highest BCUT2D eigenvalue weighted by Gasteiger charge is 2.23. The Bertz CT molecular complexity index is 2290. The average Bonchev–Trinajstić information content (AvgIpc) is 3.21. The van der Waals surface area contributed by atoms with Crippen LogP contribution in [-0.2, 0) is 6.42 Å². The topological polar surface area (TPSA) is 6.48 Å². The zero-order chi connectivity index (χ0) is 34.0. The van der Waals surface area contributed by atoms with Gasteiger partial charge in [0.2, 0.25) is 0 Å². The molecule has 0 bridgehead atoms. The number of hydrogen-bond acceptors (Lipinski definition) is 2. The third-order valence-electron chi connectivity index (χ3n) is 9.87. The van der Waals surface area contributed by atoms with E-state index in [1.54, 1.807) is 0 Å². The Morgan fingerprint density at radius 1 is 0.314 bits per heavy atom. The fraction of sp³-hybridized carbons (Fsp3) is 0.0204. The van der Waals surface area contributed by atoms with Crippen molar-refractivity contribution < 1.29 is 0 Å². The summed E-state index contributed by atoms with van der Waals surface area (Å²) < 4.78 is 0. The molecule has 0 unspecified atom stereocenters. The zero-order valence-corrected chi connectivity index (χ0v) is 28.2. The van der Waals surface area contributed by atoms with Gasteiger partial charge in [0.25, 0.3) is 0 Å². The van der Waals surface area contributed by atoms with Gasteiger partial charge < -0.3 is 9.80 Å². The molecule has 2 heteroatoms. The smallest absolute Gasteiger partial charge is 0.0497 e. The lowest BCUT2D eigenvalue weighted by molar-refractivity contribution is 1.09. The molecule has 8 aromatic rings. The van der Waals surface area contributed by atoms with E-state index < -0.39 is 0 Å². The molecule has 1 heterocycles. The molecule has 0 saturated carbocycles. The van der Waals surface area contributed by atoms with Gasteiger partial charge in [0.1, 0.15) is 0 Å². The van der Waals surface area contributed by atoms with Crippen molar-refractivity contribution in [1.82, 2.24) is 0 Å². The molecule has 1 aliphatic rings. The summed E-state index contributed by atoms with van der Waals surface area (Å²) in [5.41, 5.74) is 16.9. The van der Waals surface area contributed by atoms with Crippen molar-refractivity contribution in [2.24, 2.45) is 0 Å². The summed E-state index contributed by atoms with van der Waals surface area (Å²) in [7, 11) is 0. The van der Waals surface area contributed by atoms with Crippen LogP contribution in [0.3, 0.4) is 0 Å². The molecule has 242 valence electrons. The zero-order valence-electron chi connectivity index (χ0n) is 28.2. The van der Waals surface area contributed by atoms with E-state index in [9.17, 15) is 0 Å². The van der Waals surface area contributed by atoms with E-state index in [1.807, 2.05) is 0 Å². The predicted octanol–water partition coefficient (Wildman–Crippen LogP) is 13.5. The number of anilines is 6. The van der Waals surface area contributed by atoms with Gasteiger partial charge in [-0.05, 0) is 105 Å². The van der Waals surface area contributed by atoms with Gasteiger partial charge in [0, 0.05) is 40.5 Å². The van der Waals surface area contributed by atoms with Crippen molar-refractivity contribution in [2.45, 2.75) is 6.42 Å². The molecule has 0 saturated heterocycles. The molecule has 1 aliphatic heterocycles. The molecule has 0 aromatic heterocycles. The molecule has 8 aromatic carbocycles. The first kappa shape index (κ1) is 30.4. The number of para-hydroxylation sites is 2. The van der Waals surface area contributed by atoms with Crippen LogP contribution in [0.5, 0.6) is 0 Å². The van der Waals surface area contributed by atoms with Crippen molar-refractivity contribution in [3.05, 3.63) is 217 Å². The molecule has 0 spiro atoms. The maximum atomic E-state index is 2.41. The summed E-state index contributed by atoms with van der Waals surface area (Å²) in [6, 6.07) is 74.3. The van der Waals surface area contributed by atoms with Crippen LogP contribution >= 0.6 is 0 Å². The van der Waals surface area contributed by atoms with Crippen LogP contribution in [0, 0.1) is 0 Å². The Balaban J connectivity index is 1.07. The van der Waals surface area contributed by atoms with E-state index in [-0.39, 0.29) is 0 Å². The van der Waals surface area contributed by atoms with Gasteiger partial charge in [-0.15, -0.1) is 0 Å². The Morgan fingerprint density at radius 2 is 0.686 bits per heavy atom. The van der Waals surface area contributed by atoms with Crippen LogP contribution in [0.2, 0.25) is 0 Å². The fourth-order valence-electron chi connectivity index (χ4n) is 7.31. The third-order valence-corrected chi connectivity index (χ3v) is 9.87. The van der Waals surface area contributed by atoms with Crippen molar-refractivity contribution in [2.75, 3.05) is 9.80 Å². The molecule has 0 atom stereocenters. The molecule has 9 rings (SSSR count). The molecule has 0 radical (unpaired) electrons. The molecule has 51 heavy (non-hydrogen) atoms. The lowest BCUT2D eigenvalue weighted by atomic mass is 9.94. The van der Waals surface area contributed by atoms with Gasteiger partial charge in [0.15, 0.2) is 0 Å². The summed E-state index contributed by atoms with van der Waals surface area (Å²) in [6.07, 6.45) is 0.949. The highest BCUT2D eigenvalue weighted by molar-refractivity contribution is 5.86. The van der Waals surface area contributed by atoms with Crippen molar-refractivity contribution in [3.8, 4) is 33.4 Å². The van der Waals surface area contributed by atoms with E-state index in [2.05, 4.69) is 216 Å². The largest absolute Gasteiger partial charge is 0.311 e. The fourth-order valence-corrected chi connectivity index (χ4v) is 7.31. The maximum Gasteiger partial charge on any atom is 0.0497 e. The predicted molar refractivity (Wildman–Crippen MR) is 215 cm³/mol. The molecule has 0 N–H and O–H groups in total. The monoisotopic (exact) mass is 652 g/mol. The standard InChI is InChI=1S/C49H36N2/c1-3-12-36(13-4-1)38-22-28-44(29-23-38)50(45-30-24-39(25-31-45)37-14-5-2-6-15-37)46-32-26-40(27-33-46)41-18-11-19-47(35-41)51-48-20-9-7-16-42(48)34-43-17-8-10-21-49(43)51/h1-33,35H,34H2. The number of nitrogens with zero attached hydrogens (tertiary/aromatic N) is 2. The lowest BCUT2D eigenvalue weighted by Gasteiger charge is -2.33. The highest BCUT2D eigenvalue weighted by atomic mass is 15.2. The Hall–Kier alpha value is -6.64. The SMILES string of the molecule is c1ccc(-c2ccc(N(c3ccc(-c4ccccc4)cc3)c3ccc(-c4cccc(N5c6ccccc6Cc6ccccc65)c4)cc3)cc2)cc1. The minimum Gasteiger partial charge on any atom is -0.311 e. The first-order chi connectivity index (χ1) is 25.3. The van der Waals surface area contributed by atoms with Crippen molar-refractivity contribution >= 4 is 34.1 Å². The molecule has 0 amide bonds. The van der Waals surface area contributed by atoms with Gasteiger partial charge in [-0.2, -0.15) is 0 Å². The number of fused-ring (bicyclic) bond motifs is 2. The number of rotatable bonds is 7. The Kier molecular flexibility index (Phi) is 7.96. The minimum absolute atomic E-state index is 0.949.